The van der Waals surface area contributed by atoms with Crippen LogP contribution in [-0.4, -0.2) is 15.7 Å². The molecule has 0 radical (unpaired) electrons. The summed E-state index contributed by atoms with van der Waals surface area (Å²) < 4.78 is 2.74. The van der Waals surface area contributed by atoms with E-state index in [1.54, 1.807) is 3.96 Å². The quantitative estimate of drug-likeness (QED) is 0.864. The summed E-state index contributed by atoms with van der Waals surface area (Å²) in [5.41, 5.74) is 0.0524. The monoisotopic (exact) mass is 223 g/mol. The van der Waals surface area contributed by atoms with Gasteiger partial charge in [0.2, 0.25) is 0 Å². The number of aliphatic hydroxyl groups is 1. The summed E-state index contributed by atoms with van der Waals surface area (Å²) in [5, 5.41) is 9.62. The fourth-order valence-electron chi connectivity index (χ4n) is 1.58. The smallest absolute Gasteiger partial charge is 0.268 e. The summed E-state index contributed by atoms with van der Waals surface area (Å²) in [6.45, 7) is 2.06. The van der Waals surface area contributed by atoms with Crippen molar-refractivity contribution in [3.05, 3.63) is 34.6 Å². The number of fused-ring (bicyclic) bond motifs is 1. The molecule has 0 bridgehead atoms. The van der Waals surface area contributed by atoms with Crippen LogP contribution in [0.3, 0.4) is 0 Å². The maximum absolute atomic E-state index is 11.9. The minimum atomic E-state index is 0.0524. The Hall–Kier alpha value is -1.13. The van der Waals surface area contributed by atoms with Crippen LogP contribution in [0.4, 0.5) is 0 Å². The molecule has 0 fully saturated rings. The van der Waals surface area contributed by atoms with Gasteiger partial charge in [0.25, 0.3) is 5.56 Å². The van der Waals surface area contributed by atoms with E-state index >= 15 is 0 Å². The molecule has 0 saturated heterocycles. The van der Waals surface area contributed by atoms with E-state index < -0.39 is 0 Å². The van der Waals surface area contributed by atoms with Gasteiger partial charge in [-0.3, -0.25) is 8.75 Å². The fraction of sp³-hybridized carbons (Fsp3) is 0.364. The average Bonchev–Trinajstić information content (AvgIpc) is 2.57. The first-order valence-corrected chi connectivity index (χ1v) is 5.73. The van der Waals surface area contributed by atoms with E-state index in [4.69, 9.17) is 5.11 Å². The number of aliphatic hydroxyl groups excluding tert-OH is 1. The van der Waals surface area contributed by atoms with Gasteiger partial charge < -0.3 is 5.11 Å². The molecule has 4 heteroatoms. The van der Waals surface area contributed by atoms with Crippen LogP contribution >= 0.6 is 11.5 Å². The third kappa shape index (κ3) is 1.82. The van der Waals surface area contributed by atoms with Crippen LogP contribution < -0.4 is 5.56 Å². The predicted octanol–water partition coefficient (Wildman–Crippen LogP) is 2.01. The number of hydrogen-bond donors (Lipinski definition) is 1. The van der Waals surface area contributed by atoms with Crippen LogP contribution in [0, 0.1) is 0 Å². The molecule has 1 atom stereocenters. The highest BCUT2D eigenvalue weighted by atomic mass is 32.1. The van der Waals surface area contributed by atoms with Crippen molar-refractivity contribution in [3.63, 3.8) is 0 Å². The first-order chi connectivity index (χ1) is 7.24. The van der Waals surface area contributed by atoms with Crippen molar-refractivity contribution >= 4 is 21.6 Å². The van der Waals surface area contributed by atoms with Gasteiger partial charge in [0.15, 0.2) is 0 Å². The molecule has 0 aliphatic rings. The molecule has 0 amide bonds. The lowest BCUT2D eigenvalue weighted by Gasteiger charge is -2.08. The van der Waals surface area contributed by atoms with Gasteiger partial charge in [0.1, 0.15) is 0 Å². The second-order valence-electron chi connectivity index (χ2n) is 3.58. The molecule has 0 aliphatic heterocycles. The lowest BCUT2D eigenvalue weighted by molar-refractivity contribution is 0.265. The Labute approximate surface area is 91.7 Å². The minimum Gasteiger partial charge on any atom is -0.396 e. The second-order valence-corrected chi connectivity index (χ2v) is 4.60. The summed E-state index contributed by atoms with van der Waals surface area (Å²) in [7, 11) is 0. The first kappa shape index (κ1) is 10.4. The highest BCUT2D eigenvalue weighted by Gasteiger charge is 2.11. The minimum absolute atomic E-state index is 0.0524. The Morgan fingerprint density at radius 1 is 1.47 bits per heavy atom. The molecule has 1 heterocycles. The lowest BCUT2D eigenvalue weighted by Crippen LogP contribution is -2.17. The number of nitrogens with zero attached hydrogens (tertiary/aromatic N) is 1. The van der Waals surface area contributed by atoms with Gasteiger partial charge in [-0.05, 0) is 25.5 Å². The van der Waals surface area contributed by atoms with Crippen molar-refractivity contribution in [1.82, 2.24) is 3.96 Å². The molecule has 80 valence electrons. The van der Waals surface area contributed by atoms with Crippen LogP contribution in [-0.2, 0) is 0 Å². The van der Waals surface area contributed by atoms with Crippen LogP contribution in [0.2, 0.25) is 0 Å². The molecule has 3 nitrogen and oxygen atoms in total. The third-order valence-electron chi connectivity index (χ3n) is 2.46. The van der Waals surface area contributed by atoms with E-state index in [0.717, 1.165) is 10.1 Å². The molecule has 0 aliphatic carbocycles. The first-order valence-electron chi connectivity index (χ1n) is 4.95. The largest absolute Gasteiger partial charge is 0.396 e. The highest BCUT2D eigenvalue weighted by molar-refractivity contribution is 7.13. The number of hydrogen-bond acceptors (Lipinski definition) is 3. The van der Waals surface area contributed by atoms with Crippen LogP contribution in [0.25, 0.3) is 10.1 Å². The summed E-state index contributed by atoms with van der Waals surface area (Å²) in [6.07, 6.45) is 0.618. The fourth-order valence-corrected chi connectivity index (χ4v) is 2.65. The topological polar surface area (TPSA) is 42.2 Å². The summed E-state index contributed by atoms with van der Waals surface area (Å²) >= 11 is 1.46. The molecule has 0 spiro atoms. The zero-order valence-corrected chi connectivity index (χ0v) is 9.33. The molecular formula is C11H13NO2S. The van der Waals surface area contributed by atoms with Crippen molar-refractivity contribution in [1.29, 1.82) is 0 Å². The van der Waals surface area contributed by atoms with Gasteiger partial charge in [-0.1, -0.05) is 23.7 Å². The number of rotatable bonds is 3. The van der Waals surface area contributed by atoms with Gasteiger partial charge in [-0.2, -0.15) is 0 Å². The Kier molecular flexibility index (Phi) is 2.88. The van der Waals surface area contributed by atoms with Gasteiger partial charge in [-0.15, -0.1) is 0 Å². The molecule has 1 aromatic carbocycles. The molecule has 15 heavy (non-hydrogen) atoms. The van der Waals surface area contributed by atoms with Crippen molar-refractivity contribution in [2.45, 2.75) is 19.4 Å². The number of aromatic nitrogens is 1. The zero-order chi connectivity index (χ0) is 10.8. The predicted molar refractivity (Wildman–Crippen MR) is 62.5 cm³/mol. The maximum atomic E-state index is 11.9. The van der Waals surface area contributed by atoms with Gasteiger partial charge in [-0.25, -0.2) is 0 Å². The molecule has 2 rings (SSSR count). The molecule has 2 aromatic rings. The number of benzene rings is 1. The maximum Gasteiger partial charge on any atom is 0.268 e. The third-order valence-corrected chi connectivity index (χ3v) is 3.74. The molecule has 1 N–H and O–H groups in total. The van der Waals surface area contributed by atoms with Crippen molar-refractivity contribution in [2.75, 3.05) is 6.61 Å². The van der Waals surface area contributed by atoms with Crippen LogP contribution in [0.15, 0.2) is 29.1 Å². The van der Waals surface area contributed by atoms with Crippen LogP contribution in [0.1, 0.15) is 19.4 Å². The van der Waals surface area contributed by atoms with E-state index in [0.29, 0.717) is 6.42 Å². The Balaban J connectivity index is 2.53. The summed E-state index contributed by atoms with van der Waals surface area (Å²) in [5.74, 6) is 0. The molecular weight excluding hydrogens is 210 g/mol. The van der Waals surface area contributed by atoms with Gasteiger partial charge in [0, 0.05) is 12.6 Å². The van der Waals surface area contributed by atoms with Gasteiger partial charge in [0.05, 0.1) is 10.1 Å². The van der Waals surface area contributed by atoms with Gasteiger partial charge >= 0.3 is 0 Å². The lowest BCUT2D eigenvalue weighted by atomic mass is 10.2. The summed E-state index contributed by atoms with van der Waals surface area (Å²) in [6, 6.07) is 7.66. The zero-order valence-electron chi connectivity index (χ0n) is 8.51. The Morgan fingerprint density at radius 3 is 2.87 bits per heavy atom. The van der Waals surface area contributed by atoms with Crippen molar-refractivity contribution < 1.29 is 5.11 Å². The van der Waals surface area contributed by atoms with E-state index in [2.05, 4.69) is 0 Å². The van der Waals surface area contributed by atoms with Crippen LogP contribution in [0.5, 0.6) is 0 Å². The molecule has 0 saturated carbocycles. The SMILES string of the molecule is CC(CCO)n1sc2ccccc2c1=O. The van der Waals surface area contributed by atoms with E-state index in [1.807, 2.05) is 31.2 Å². The highest BCUT2D eigenvalue weighted by Crippen LogP contribution is 2.20. The van der Waals surface area contributed by atoms with Crippen molar-refractivity contribution in [3.8, 4) is 0 Å². The summed E-state index contributed by atoms with van der Waals surface area (Å²) in [4.78, 5) is 11.9. The van der Waals surface area contributed by atoms with E-state index in [-0.39, 0.29) is 18.2 Å². The Bertz CT molecular complexity index is 515. The van der Waals surface area contributed by atoms with E-state index in [9.17, 15) is 4.79 Å². The standard InChI is InChI=1S/C11H13NO2S/c1-8(6-7-13)12-11(14)9-4-2-3-5-10(9)15-12/h2-5,8,13H,6-7H2,1H3. The molecule has 1 aromatic heterocycles. The van der Waals surface area contributed by atoms with Crippen molar-refractivity contribution in [2.24, 2.45) is 0 Å². The average molecular weight is 223 g/mol. The van der Waals surface area contributed by atoms with E-state index in [1.165, 1.54) is 11.5 Å². The normalized spacial score (nSPS) is 13.2. The Morgan fingerprint density at radius 2 is 2.20 bits per heavy atom. The molecule has 1 unspecified atom stereocenters. The second kappa shape index (κ2) is 4.16.